The van der Waals surface area contributed by atoms with Crippen molar-refractivity contribution in [1.29, 1.82) is 0 Å². The quantitative estimate of drug-likeness (QED) is 0.819. The Morgan fingerprint density at radius 3 is 2.81 bits per heavy atom. The highest BCUT2D eigenvalue weighted by Gasteiger charge is 2.07. The Morgan fingerprint density at radius 2 is 2.05 bits per heavy atom. The summed E-state index contributed by atoms with van der Waals surface area (Å²) in [6.07, 6.45) is 5.37. The molecule has 112 valence electrons. The lowest BCUT2D eigenvalue weighted by molar-refractivity contribution is 0.941. The molecular formula is C15H20ClN5. The van der Waals surface area contributed by atoms with E-state index in [1.165, 1.54) is 5.56 Å². The van der Waals surface area contributed by atoms with Gasteiger partial charge < -0.3 is 10.6 Å². The van der Waals surface area contributed by atoms with Crippen LogP contribution in [0, 0.1) is 0 Å². The van der Waals surface area contributed by atoms with Crippen LogP contribution in [0.4, 0.5) is 11.8 Å². The van der Waals surface area contributed by atoms with Gasteiger partial charge in [0, 0.05) is 12.7 Å². The maximum Gasteiger partial charge on any atom is 0.224 e. The van der Waals surface area contributed by atoms with Crippen molar-refractivity contribution < 1.29 is 0 Å². The van der Waals surface area contributed by atoms with E-state index >= 15 is 0 Å². The summed E-state index contributed by atoms with van der Waals surface area (Å²) in [4.78, 5) is 12.9. The number of nitrogens with one attached hydrogen (secondary N) is 2. The molecule has 2 aromatic heterocycles. The molecule has 0 aliphatic carbocycles. The Labute approximate surface area is 130 Å². The van der Waals surface area contributed by atoms with Crippen LogP contribution in [0.2, 0.25) is 5.02 Å². The predicted octanol–water partition coefficient (Wildman–Crippen LogP) is 3.52. The van der Waals surface area contributed by atoms with Gasteiger partial charge in [-0.15, -0.1) is 0 Å². The van der Waals surface area contributed by atoms with Gasteiger partial charge in [-0.25, -0.2) is 4.98 Å². The summed E-state index contributed by atoms with van der Waals surface area (Å²) >= 11 is 6.13. The molecule has 0 bridgehead atoms. The fourth-order valence-corrected chi connectivity index (χ4v) is 2.09. The summed E-state index contributed by atoms with van der Waals surface area (Å²) in [5, 5.41) is 6.89. The minimum Gasteiger partial charge on any atom is -0.363 e. The molecule has 0 amide bonds. The first-order valence-corrected chi connectivity index (χ1v) is 7.55. The van der Waals surface area contributed by atoms with Crippen molar-refractivity contribution in [3.63, 3.8) is 0 Å². The zero-order valence-electron chi connectivity index (χ0n) is 12.4. The molecule has 0 fully saturated rings. The van der Waals surface area contributed by atoms with Crippen LogP contribution in [0.1, 0.15) is 31.5 Å². The number of aryl methyl sites for hydroxylation is 1. The van der Waals surface area contributed by atoms with Crippen molar-refractivity contribution in [1.82, 2.24) is 15.0 Å². The third-order valence-corrected chi connectivity index (χ3v) is 3.34. The van der Waals surface area contributed by atoms with E-state index in [1.54, 1.807) is 12.4 Å². The predicted molar refractivity (Wildman–Crippen MR) is 86.8 cm³/mol. The molecule has 5 nitrogen and oxygen atoms in total. The van der Waals surface area contributed by atoms with Gasteiger partial charge in [0.2, 0.25) is 5.95 Å². The van der Waals surface area contributed by atoms with Crippen LogP contribution in [0.3, 0.4) is 0 Å². The molecule has 0 saturated carbocycles. The first-order valence-electron chi connectivity index (χ1n) is 7.17. The third kappa shape index (κ3) is 4.29. The van der Waals surface area contributed by atoms with Gasteiger partial charge in [0.15, 0.2) is 5.82 Å². The first kappa shape index (κ1) is 15.5. The van der Waals surface area contributed by atoms with Gasteiger partial charge in [0.25, 0.3) is 0 Å². The molecule has 0 aromatic carbocycles. The number of nitrogens with zero attached hydrogens (tertiary/aromatic N) is 3. The van der Waals surface area contributed by atoms with Crippen LogP contribution in [0.5, 0.6) is 0 Å². The number of halogens is 1. The van der Waals surface area contributed by atoms with Crippen molar-refractivity contribution >= 4 is 23.4 Å². The summed E-state index contributed by atoms with van der Waals surface area (Å²) in [5.74, 6) is 1.21. The van der Waals surface area contributed by atoms with E-state index in [9.17, 15) is 0 Å². The summed E-state index contributed by atoms with van der Waals surface area (Å²) in [7, 11) is 0. The van der Waals surface area contributed by atoms with Gasteiger partial charge in [-0.1, -0.05) is 31.5 Å². The Hall–Kier alpha value is -1.88. The number of hydrogen-bond acceptors (Lipinski definition) is 5. The molecule has 2 heterocycles. The number of aromatic nitrogens is 3. The second-order valence-electron chi connectivity index (χ2n) is 4.63. The fourth-order valence-electron chi connectivity index (χ4n) is 1.93. The van der Waals surface area contributed by atoms with Crippen LogP contribution in [-0.4, -0.2) is 21.5 Å². The molecule has 0 aliphatic heterocycles. The molecule has 2 rings (SSSR count). The monoisotopic (exact) mass is 305 g/mol. The molecule has 21 heavy (non-hydrogen) atoms. The highest BCUT2D eigenvalue weighted by Crippen LogP contribution is 2.20. The zero-order chi connectivity index (χ0) is 15.1. The third-order valence-electron chi connectivity index (χ3n) is 3.07. The van der Waals surface area contributed by atoms with Gasteiger partial charge in [-0.3, -0.25) is 4.98 Å². The summed E-state index contributed by atoms with van der Waals surface area (Å²) in [6, 6.07) is 4.03. The van der Waals surface area contributed by atoms with Crippen LogP contribution < -0.4 is 10.6 Å². The molecule has 2 N–H and O–H groups in total. The molecule has 0 aliphatic rings. The molecule has 2 aromatic rings. The van der Waals surface area contributed by atoms with E-state index in [0.29, 0.717) is 23.3 Å². The summed E-state index contributed by atoms with van der Waals surface area (Å²) in [5.41, 5.74) is 2.23. The largest absolute Gasteiger partial charge is 0.363 e. The lowest BCUT2D eigenvalue weighted by Gasteiger charge is -2.11. The lowest BCUT2D eigenvalue weighted by Crippen LogP contribution is -2.09. The second-order valence-corrected chi connectivity index (χ2v) is 5.04. The fraction of sp³-hybridized carbons (Fsp3) is 0.400. The van der Waals surface area contributed by atoms with Gasteiger partial charge in [-0.2, -0.15) is 4.98 Å². The van der Waals surface area contributed by atoms with Crippen LogP contribution in [0.25, 0.3) is 0 Å². The topological polar surface area (TPSA) is 62.7 Å². The minimum atomic E-state index is 0.506. The normalized spacial score (nSPS) is 10.4. The van der Waals surface area contributed by atoms with Gasteiger partial charge >= 0.3 is 0 Å². The molecule has 0 radical (unpaired) electrons. The second kappa shape index (κ2) is 7.78. The average molecular weight is 306 g/mol. The van der Waals surface area contributed by atoms with Gasteiger partial charge in [0.05, 0.1) is 18.4 Å². The molecule has 6 heteroatoms. The Bertz CT molecular complexity index is 588. The van der Waals surface area contributed by atoms with Gasteiger partial charge in [0.1, 0.15) is 5.02 Å². The minimum absolute atomic E-state index is 0.506. The van der Waals surface area contributed by atoms with Crippen LogP contribution in [0.15, 0.2) is 24.5 Å². The van der Waals surface area contributed by atoms with E-state index in [1.807, 2.05) is 6.07 Å². The Balaban J connectivity index is 2.08. The summed E-state index contributed by atoms with van der Waals surface area (Å²) in [6.45, 7) is 5.63. The zero-order valence-corrected chi connectivity index (χ0v) is 13.1. The molecule has 0 saturated heterocycles. The van der Waals surface area contributed by atoms with E-state index in [-0.39, 0.29) is 0 Å². The highest BCUT2D eigenvalue weighted by molar-refractivity contribution is 6.32. The molecular weight excluding hydrogens is 286 g/mol. The molecule has 0 atom stereocenters. The van der Waals surface area contributed by atoms with Crippen molar-refractivity contribution in [2.24, 2.45) is 0 Å². The Morgan fingerprint density at radius 1 is 1.19 bits per heavy atom. The number of anilines is 2. The van der Waals surface area contributed by atoms with Gasteiger partial charge in [-0.05, 0) is 24.5 Å². The summed E-state index contributed by atoms with van der Waals surface area (Å²) < 4.78 is 0. The smallest absolute Gasteiger partial charge is 0.224 e. The SMILES string of the molecule is CCCNc1ncc(Cl)c(NCc2ncccc2CC)n1. The van der Waals surface area contributed by atoms with E-state index in [2.05, 4.69) is 45.5 Å². The number of pyridine rings is 1. The van der Waals surface area contributed by atoms with E-state index in [4.69, 9.17) is 11.6 Å². The average Bonchev–Trinajstić information content (AvgIpc) is 2.53. The van der Waals surface area contributed by atoms with Crippen molar-refractivity contribution in [3.05, 3.63) is 40.8 Å². The highest BCUT2D eigenvalue weighted by atomic mass is 35.5. The lowest BCUT2D eigenvalue weighted by atomic mass is 10.1. The maximum absolute atomic E-state index is 6.13. The first-order chi connectivity index (χ1) is 10.2. The standard InChI is InChI=1S/C15H20ClN5/c1-3-7-18-15-20-9-12(16)14(21-15)19-10-13-11(4-2)6-5-8-17-13/h5-6,8-9H,3-4,7,10H2,1-2H3,(H2,18,19,20,21). The molecule has 0 unspecified atom stereocenters. The van der Waals surface area contributed by atoms with Crippen molar-refractivity contribution in [2.75, 3.05) is 17.2 Å². The molecule has 0 spiro atoms. The maximum atomic E-state index is 6.13. The Kier molecular flexibility index (Phi) is 5.75. The van der Waals surface area contributed by atoms with Crippen molar-refractivity contribution in [3.8, 4) is 0 Å². The van der Waals surface area contributed by atoms with E-state index in [0.717, 1.165) is 25.1 Å². The van der Waals surface area contributed by atoms with E-state index < -0.39 is 0 Å². The number of hydrogen-bond donors (Lipinski definition) is 2. The van der Waals surface area contributed by atoms with Crippen LogP contribution in [-0.2, 0) is 13.0 Å². The number of rotatable bonds is 7. The van der Waals surface area contributed by atoms with Crippen molar-refractivity contribution in [2.45, 2.75) is 33.2 Å². The van der Waals surface area contributed by atoms with Crippen LogP contribution >= 0.6 is 11.6 Å².